The van der Waals surface area contributed by atoms with Gasteiger partial charge in [0.05, 0.1) is 26.2 Å². The second-order valence-corrected chi connectivity index (χ2v) is 4.39. The Morgan fingerprint density at radius 3 is 2.67 bits per heavy atom. The van der Waals surface area contributed by atoms with Crippen molar-refractivity contribution in [3.05, 3.63) is 0 Å². The van der Waals surface area contributed by atoms with Crippen LogP contribution in [0.2, 0.25) is 0 Å². The summed E-state index contributed by atoms with van der Waals surface area (Å²) in [5.41, 5.74) is -0.579. The zero-order chi connectivity index (χ0) is 11.5. The minimum atomic E-state index is -0.585. The van der Waals surface area contributed by atoms with Crippen molar-refractivity contribution in [3.8, 4) is 0 Å². The number of carbonyl (C=O) groups is 2. The largest absolute Gasteiger partial charge is 0.443 e. The number of carbonyl (C=O) groups excluding carboxylic acids is 2. The fraction of sp³-hybridized carbons (Fsp3) is 0.800. The maximum atomic E-state index is 11.6. The van der Waals surface area contributed by atoms with Gasteiger partial charge in [0.2, 0.25) is 5.91 Å². The van der Waals surface area contributed by atoms with Crippen molar-refractivity contribution < 1.29 is 19.1 Å². The van der Waals surface area contributed by atoms with Gasteiger partial charge in [0.1, 0.15) is 5.60 Å². The summed E-state index contributed by atoms with van der Waals surface area (Å²) in [5, 5.41) is 0. The summed E-state index contributed by atoms with van der Waals surface area (Å²) in [6, 6.07) is 0. The Kier molecular flexibility index (Phi) is 3.68. The van der Waals surface area contributed by atoms with E-state index in [0.29, 0.717) is 13.2 Å². The standard InChI is InChI=1S/C10H17NO4/c1-10(2,3)15-9(13)11-5-7-14-6-4-8(11)12/h4-7H2,1-3H3. The lowest BCUT2D eigenvalue weighted by molar-refractivity contribution is -0.129. The highest BCUT2D eigenvalue weighted by Crippen LogP contribution is 2.11. The first kappa shape index (κ1) is 12.0. The van der Waals surface area contributed by atoms with Crippen LogP contribution in [-0.4, -0.2) is 42.3 Å². The van der Waals surface area contributed by atoms with Crippen LogP contribution in [0.4, 0.5) is 4.79 Å². The zero-order valence-corrected chi connectivity index (χ0v) is 9.41. The van der Waals surface area contributed by atoms with E-state index in [1.165, 1.54) is 0 Å². The molecule has 86 valence electrons. The minimum Gasteiger partial charge on any atom is -0.443 e. The summed E-state index contributed by atoms with van der Waals surface area (Å²) in [4.78, 5) is 24.2. The third-order valence-electron chi connectivity index (χ3n) is 1.83. The molecule has 0 aromatic carbocycles. The molecule has 0 aromatic rings. The normalized spacial score (nSPS) is 18.6. The Bertz CT molecular complexity index is 257. The Balaban J connectivity index is 2.60. The van der Waals surface area contributed by atoms with Crippen LogP contribution < -0.4 is 0 Å². The van der Waals surface area contributed by atoms with E-state index in [-0.39, 0.29) is 18.9 Å². The number of rotatable bonds is 0. The first-order valence-corrected chi connectivity index (χ1v) is 5.01. The Hall–Kier alpha value is -1.10. The zero-order valence-electron chi connectivity index (χ0n) is 9.41. The molecule has 0 saturated carbocycles. The van der Waals surface area contributed by atoms with Crippen molar-refractivity contribution >= 4 is 12.0 Å². The van der Waals surface area contributed by atoms with Gasteiger partial charge in [0.15, 0.2) is 0 Å². The molecular weight excluding hydrogens is 198 g/mol. The van der Waals surface area contributed by atoms with Crippen LogP contribution in [0.1, 0.15) is 27.2 Å². The molecule has 0 spiro atoms. The molecule has 1 fully saturated rings. The quantitative estimate of drug-likeness (QED) is 0.608. The summed E-state index contributed by atoms with van der Waals surface area (Å²) in [7, 11) is 0. The molecule has 15 heavy (non-hydrogen) atoms. The van der Waals surface area contributed by atoms with Crippen molar-refractivity contribution in [2.75, 3.05) is 19.8 Å². The highest BCUT2D eigenvalue weighted by Gasteiger charge is 2.27. The second-order valence-electron chi connectivity index (χ2n) is 4.39. The van der Waals surface area contributed by atoms with Gasteiger partial charge in [-0.15, -0.1) is 0 Å². The second kappa shape index (κ2) is 4.61. The van der Waals surface area contributed by atoms with E-state index < -0.39 is 11.7 Å². The predicted octanol–water partition coefficient (Wildman–Crippen LogP) is 1.17. The molecule has 1 aliphatic heterocycles. The van der Waals surface area contributed by atoms with Crippen LogP contribution in [0.15, 0.2) is 0 Å². The van der Waals surface area contributed by atoms with Crippen LogP contribution in [0.3, 0.4) is 0 Å². The lowest BCUT2D eigenvalue weighted by Gasteiger charge is -2.24. The van der Waals surface area contributed by atoms with Crippen LogP contribution in [-0.2, 0) is 14.3 Å². The van der Waals surface area contributed by atoms with Gasteiger partial charge >= 0.3 is 6.09 Å². The molecule has 1 heterocycles. The maximum absolute atomic E-state index is 11.6. The average molecular weight is 215 g/mol. The molecular formula is C10H17NO4. The number of amides is 2. The molecule has 5 nitrogen and oxygen atoms in total. The lowest BCUT2D eigenvalue weighted by Crippen LogP contribution is -2.41. The van der Waals surface area contributed by atoms with Gasteiger partial charge in [0.25, 0.3) is 0 Å². The first-order valence-electron chi connectivity index (χ1n) is 5.01. The molecule has 1 aliphatic rings. The van der Waals surface area contributed by atoms with Gasteiger partial charge in [-0.25, -0.2) is 9.69 Å². The summed E-state index contributed by atoms with van der Waals surface area (Å²) < 4.78 is 10.2. The Labute approximate surface area is 89.3 Å². The Morgan fingerprint density at radius 2 is 2.07 bits per heavy atom. The van der Waals surface area contributed by atoms with Crippen molar-refractivity contribution in [2.45, 2.75) is 32.8 Å². The number of hydrogen-bond donors (Lipinski definition) is 0. The van der Waals surface area contributed by atoms with Crippen LogP contribution >= 0.6 is 0 Å². The minimum absolute atomic E-state index is 0.234. The van der Waals surface area contributed by atoms with E-state index in [0.717, 1.165) is 4.90 Å². The van der Waals surface area contributed by atoms with Crippen molar-refractivity contribution in [1.29, 1.82) is 0 Å². The third-order valence-corrected chi connectivity index (χ3v) is 1.83. The lowest BCUT2D eigenvalue weighted by atomic mass is 10.2. The van der Waals surface area contributed by atoms with E-state index in [1.54, 1.807) is 20.8 Å². The van der Waals surface area contributed by atoms with Crippen LogP contribution in [0.25, 0.3) is 0 Å². The molecule has 0 N–H and O–H groups in total. The average Bonchev–Trinajstić information content (AvgIpc) is 2.26. The van der Waals surface area contributed by atoms with E-state index >= 15 is 0 Å². The molecule has 0 aliphatic carbocycles. The fourth-order valence-electron chi connectivity index (χ4n) is 1.19. The molecule has 0 aromatic heterocycles. The van der Waals surface area contributed by atoms with Crippen LogP contribution in [0, 0.1) is 0 Å². The topological polar surface area (TPSA) is 55.8 Å². The van der Waals surface area contributed by atoms with Gasteiger partial charge < -0.3 is 9.47 Å². The predicted molar refractivity (Wildman–Crippen MR) is 53.4 cm³/mol. The van der Waals surface area contributed by atoms with E-state index in [9.17, 15) is 9.59 Å². The molecule has 0 bridgehead atoms. The molecule has 1 rings (SSSR count). The smallest absolute Gasteiger partial charge is 0.417 e. The summed E-state index contributed by atoms with van der Waals surface area (Å²) in [5.74, 6) is -0.234. The molecule has 2 amide bonds. The first-order chi connectivity index (χ1) is 6.90. The fourth-order valence-corrected chi connectivity index (χ4v) is 1.19. The number of hydrogen-bond acceptors (Lipinski definition) is 4. The van der Waals surface area contributed by atoms with Crippen molar-refractivity contribution in [1.82, 2.24) is 4.90 Å². The summed E-state index contributed by atoms with van der Waals surface area (Å²) in [6.45, 7) is 6.33. The van der Waals surface area contributed by atoms with E-state index in [2.05, 4.69) is 0 Å². The van der Waals surface area contributed by atoms with Gasteiger partial charge in [0, 0.05) is 0 Å². The molecule has 0 atom stereocenters. The van der Waals surface area contributed by atoms with Gasteiger partial charge in [-0.3, -0.25) is 4.79 Å². The number of imide groups is 1. The summed E-state index contributed by atoms with van der Waals surface area (Å²) in [6.07, 6.45) is -0.350. The highest BCUT2D eigenvalue weighted by atomic mass is 16.6. The number of nitrogens with zero attached hydrogens (tertiary/aromatic N) is 1. The van der Waals surface area contributed by atoms with Gasteiger partial charge in [-0.2, -0.15) is 0 Å². The highest BCUT2D eigenvalue weighted by molar-refractivity contribution is 5.92. The monoisotopic (exact) mass is 215 g/mol. The van der Waals surface area contributed by atoms with Gasteiger partial charge in [-0.05, 0) is 20.8 Å². The van der Waals surface area contributed by atoms with Crippen molar-refractivity contribution in [3.63, 3.8) is 0 Å². The van der Waals surface area contributed by atoms with E-state index in [4.69, 9.17) is 9.47 Å². The molecule has 1 saturated heterocycles. The Morgan fingerprint density at radius 1 is 1.40 bits per heavy atom. The van der Waals surface area contributed by atoms with E-state index in [1.807, 2.05) is 0 Å². The molecule has 0 radical (unpaired) electrons. The van der Waals surface area contributed by atoms with Crippen LogP contribution in [0.5, 0.6) is 0 Å². The molecule has 5 heteroatoms. The molecule has 0 unspecified atom stereocenters. The third kappa shape index (κ3) is 3.87. The maximum Gasteiger partial charge on any atom is 0.417 e. The van der Waals surface area contributed by atoms with Gasteiger partial charge in [-0.1, -0.05) is 0 Å². The summed E-state index contributed by atoms with van der Waals surface area (Å²) >= 11 is 0. The SMILES string of the molecule is CC(C)(C)OC(=O)N1CCOCCC1=O. The van der Waals surface area contributed by atoms with Crippen molar-refractivity contribution in [2.24, 2.45) is 0 Å². The number of ether oxygens (including phenoxy) is 2.